The van der Waals surface area contributed by atoms with Crippen molar-refractivity contribution in [3.63, 3.8) is 0 Å². The number of rotatable bonds is 6. The van der Waals surface area contributed by atoms with Crippen LogP contribution in [-0.4, -0.2) is 31.1 Å². The van der Waals surface area contributed by atoms with Crippen LogP contribution in [0.15, 0.2) is 18.6 Å². The molecular weight excluding hydrogens is 216 g/mol. The van der Waals surface area contributed by atoms with Crippen molar-refractivity contribution in [3.05, 3.63) is 30.1 Å². The topological polar surface area (TPSA) is 60.6 Å². The lowest BCUT2D eigenvalue weighted by molar-refractivity contribution is 0.541. The first kappa shape index (κ1) is 11.8. The van der Waals surface area contributed by atoms with Crippen LogP contribution in [0, 0.1) is 0 Å². The molecule has 0 aliphatic carbocycles. The van der Waals surface area contributed by atoms with Crippen LogP contribution in [0.4, 0.5) is 0 Å². The summed E-state index contributed by atoms with van der Waals surface area (Å²) < 4.78 is 3.83. The highest BCUT2D eigenvalue weighted by atomic mass is 15.3. The van der Waals surface area contributed by atoms with Crippen molar-refractivity contribution < 1.29 is 0 Å². The van der Waals surface area contributed by atoms with Gasteiger partial charge in [0.25, 0.3) is 0 Å². The Bertz CT molecular complexity index is 458. The highest BCUT2D eigenvalue weighted by molar-refractivity contribution is 5.00. The summed E-state index contributed by atoms with van der Waals surface area (Å²) in [7, 11) is 1.95. The molecule has 2 aromatic heterocycles. The minimum absolute atomic E-state index is 0.766. The van der Waals surface area contributed by atoms with Gasteiger partial charge in [-0.15, -0.1) is 0 Å². The van der Waals surface area contributed by atoms with Gasteiger partial charge in [0.05, 0.1) is 6.54 Å². The summed E-state index contributed by atoms with van der Waals surface area (Å²) in [6.45, 7) is 4.62. The average Bonchev–Trinajstić information content (AvgIpc) is 2.93. The van der Waals surface area contributed by atoms with Gasteiger partial charge in [0, 0.05) is 31.9 Å². The van der Waals surface area contributed by atoms with Crippen LogP contribution >= 0.6 is 0 Å². The first-order valence-electron chi connectivity index (χ1n) is 5.85. The summed E-state index contributed by atoms with van der Waals surface area (Å²) >= 11 is 0. The van der Waals surface area contributed by atoms with Crippen LogP contribution in [0.5, 0.6) is 0 Å². The molecule has 17 heavy (non-hydrogen) atoms. The quantitative estimate of drug-likeness (QED) is 0.784. The number of hydrogen-bond donors (Lipinski definition) is 1. The Balaban J connectivity index is 1.95. The van der Waals surface area contributed by atoms with Crippen molar-refractivity contribution in [1.29, 1.82) is 0 Å². The van der Waals surface area contributed by atoms with Gasteiger partial charge in [-0.05, 0) is 12.6 Å². The van der Waals surface area contributed by atoms with Gasteiger partial charge in [0.2, 0.25) is 0 Å². The number of aromatic nitrogens is 5. The predicted molar refractivity (Wildman–Crippen MR) is 64.3 cm³/mol. The van der Waals surface area contributed by atoms with E-state index in [4.69, 9.17) is 0 Å². The third kappa shape index (κ3) is 2.91. The molecule has 0 saturated heterocycles. The summed E-state index contributed by atoms with van der Waals surface area (Å²) in [5.41, 5.74) is 1.20. The molecular formula is C11H18N6. The van der Waals surface area contributed by atoms with Crippen LogP contribution in [-0.2, 0) is 26.6 Å². The molecule has 2 heterocycles. The standard InChI is InChI=1S/C11H18N6/c1-3-12-8-11-13-9-15-17(11)7-5-10-4-6-14-16(10)2/h4,6,9,12H,3,5,7-8H2,1-2H3. The van der Waals surface area contributed by atoms with Crippen molar-refractivity contribution in [2.24, 2.45) is 7.05 Å². The van der Waals surface area contributed by atoms with Crippen LogP contribution in [0.3, 0.4) is 0 Å². The molecule has 0 spiro atoms. The van der Waals surface area contributed by atoms with E-state index in [1.54, 1.807) is 6.33 Å². The first-order valence-corrected chi connectivity index (χ1v) is 5.85. The summed E-state index contributed by atoms with van der Waals surface area (Å²) in [4.78, 5) is 4.24. The molecule has 1 N–H and O–H groups in total. The van der Waals surface area contributed by atoms with E-state index in [1.165, 1.54) is 5.69 Å². The first-order chi connectivity index (χ1) is 8.31. The second kappa shape index (κ2) is 5.58. The Morgan fingerprint density at radius 3 is 2.94 bits per heavy atom. The SMILES string of the molecule is CCNCc1ncnn1CCc1ccnn1C. The number of nitrogens with one attached hydrogen (secondary N) is 1. The second-order valence-corrected chi connectivity index (χ2v) is 3.88. The molecule has 0 saturated carbocycles. The van der Waals surface area contributed by atoms with Gasteiger partial charge in [-0.25, -0.2) is 9.67 Å². The lowest BCUT2D eigenvalue weighted by atomic mass is 10.3. The highest BCUT2D eigenvalue weighted by Gasteiger charge is 2.05. The highest BCUT2D eigenvalue weighted by Crippen LogP contribution is 2.01. The summed E-state index contributed by atoms with van der Waals surface area (Å²) in [6, 6.07) is 2.03. The van der Waals surface area contributed by atoms with Crippen molar-refractivity contribution in [3.8, 4) is 0 Å². The number of hydrogen-bond acceptors (Lipinski definition) is 4. The van der Waals surface area contributed by atoms with Gasteiger partial charge in [-0.2, -0.15) is 10.2 Å². The fourth-order valence-corrected chi connectivity index (χ4v) is 1.72. The van der Waals surface area contributed by atoms with Crippen molar-refractivity contribution in [2.75, 3.05) is 6.54 Å². The monoisotopic (exact) mass is 234 g/mol. The molecule has 0 unspecified atom stereocenters. The largest absolute Gasteiger partial charge is 0.310 e. The Morgan fingerprint density at radius 1 is 1.35 bits per heavy atom. The van der Waals surface area contributed by atoms with E-state index in [9.17, 15) is 0 Å². The van der Waals surface area contributed by atoms with Gasteiger partial charge in [0.1, 0.15) is 12.2 Å². The lowest BCUT2D eigenvalue weighted by Gasteiger charge is -2.06. The smallest absolute Gasteiger partial charge is 0.140 e. The van der Waals surface area contributed by atoms with Crippen molar-refractivity contribution in [1.82, 2.24) is 29.9 Å². The van der Waals surface area contributed by atoms with Crippen molar-refractivity contribution in [2.45, 2.75) is 26.4 Å². The summed E-state index contributed by atoms with van der Waals surface area (Å²) in [5.74, 6) is 0.981. The third-order valence-electron chi connectivity index (χ3n) is 2.73. The van der Waals surface area contributed by atoms with Gasteiger partial charge in [-0.1, -0.05) is 6.92 Å². The maximum atomic E-state index is 4.24. The molecule has 0 atom stereocenters. The van der Waals surface area contributed by atoms with Gasteiger partial charge >= 0.3 is 0 Å². The molecule has 0 radical (unpaired) electrons. The fourth-order valence-electron chi connectivity index (χ4n) is 1.72. The summed E-state index contributed by atoms with van der Waals surface area (Å²) in [6.07, 6.45) is 4.34. The Morgan fingerprint density at radius 2 is 2.24 bits per heavy atom. The average molecular weight is 234 g/mol. The van der Waals surface area contributed by atoms with Gasteiger partial charge in [-0.3, -0.25) is 4.68 Å². The van der Waals surface area contributed by atoms with E-state index < -0.39 is 0 Å². The zero-order chi connectivity index (χ0) is 12.1. The maximum absolute atomic E-state index is 4.24. The molecule has 2 rings (SSSR count). The van der Waals surface area contributed by atoms with Crippen LogP contribution in [0.1, 0.15) is 18.4 Å². The van der Waals surface area contributed by atoms with Crippen LogP contribution in [0.2, 0.25) is 0 Å². The third-order valence-corrected chi connectivity index (χ3v) is 2.73. The Kier molecular flexibility index (Phi) is 3.87. The Hall–Kier alpha value is -1.69. The zero-order valence-corrected chi connectivity index (χ0v) is 10.3. The lowest BCUT2D eigenvalue weighted by Crippen LogP contribution is -2.18. The van der Waals surface area contributed by atoms with Crippen LogP contribution < -0.4 is 5.32 Å². The molecule has 2 aromatic rings. The molecule has 0 fully saturated rings. The van der Waals surface area contributed by atoms with E-state index in [-0.39, 0.29) is 0 Å². The van der Waals surface area contributed by atoms with Gasteiger partial charge < -0.3 is 5.32 Å². The number of aryl methyl sites for hydroxylation is 3. The van der Waals surface area contributed by atoms with Crippen molar-refractivity contribution >= 4 is 0 Å². The Labute approximate surface area is 101 Å². The molecule has 0 bridgehead atoms. The maximum Gasteiger partial charge on any atom is 0.140 e. The van der Waals surface area contributed by atoms with E-state index in [1.807, 2.05) is 28.7 Å². The molecule has 92 valence electrons. The van der Waals surface area contributed by atoms with Gasteiger partial charge in [0.15, 0.2) is 0 Å². The molecule has 0 aliphatic rings. The molecule has 0 aliphatic heterocycles. The zero-order valence-electron chi connectivity index (χ0n) is 10.3. The fraction of sp³-hybridized carbons (Fsp3) is 0.545. The normalized spacial score (nSPS) is 10.9. The van der Waals surface area contributed by atoms with Crippen LogP contribution in [0.25, 0.3) is 0 Å². The second-order valence-electron chi connectivity index (χ2n) is 3.88. The van der Waals surface area contributed by atoms with E-state index in [0.717, 1.165) is 31.9 Å². The van der Waals surface area contributed by atoms with E-state index in [2.05, 4.69) is 27.4 Å². The van der Waals surface area contributed by atoms with E-state index >= 15 is 0 Å². The molecule has 6 nitrogen and oxygen atoms in total. The minimum Gasteiger partial charge on any atom is -0.310 e. The van der Waals surface area contributed by atoms with E-state index in [0.29, 0.717) is 0 Å². The predicted octanol–water partition coefficient (Wildman–Crippen LogP) is 0.364. The minimum atomic E-state index is 0.766. The summed E-state index contributed by atoms with van der Waals surface area (Å²) in [5, 5.41) is 11.6. The number of nitrogens with zero attached hydrogens (tertiary/aromatic N) is 5. The molecule has 6 heteroatoms. The molecule has 0 amide bonds. The molecule has 0 aromatic carbocycles.